The monoisotopic (exact) mass is 247 g/mol. The van der Waals surface area contributed by atoms with Crippen molar-refractivity contribution in [2.45, 2.75) is 31.3 Å². The quantitative estimate of drug-likeness (QED) is 0.869. The predicted octanol–water partition coefficient (Wildman–Crippen LogP) is 2.15. The molecular weight excluding hydrogens is 226 g/mol. The van der Waals surface area contributed by atoms with Gasteiger partial charge in [-0.1, -0.05) is 18.2 Å². The molecule has 0 bridgehead atoms. The van der Waals surface area contributed by atoms with Gasteiger partial charge in [-0.2, -0.15) is 0 Å². The van der Waals surface area contributed by atoms with Crippen molar-refractivity contribution in [2.75, 3.05) is 31.2 Å². The highest BCUT2D eigenvalue weighted by Gasteiger charge is 2.24. The molecule has 98 valence electrons. The average molecular weight is 247 g/mol. The van der Waals surface area contributed by atoms with Crippen LogP contribution in [0.3, 0.4) is 0 Å². The summed E-state index contributed by atoms with van der Waals surface area (Å²) in [7, 11) is 0. The van der Waals surface area contributed by atoms with Crippen molar-refractivity contribution in [1.29, 1.82) is 0 Å². The lowest BCUT2D eigenvalue weighted by molar-refractivity contribution is 0.145. The maximum absolute atomic E-state index is 9.61. The van der Waals surface area contributed by atoms with Gasteiger partial charge in [0.2, 0.25) is 0 Å². The molecule has 1 unspecified atom stereocenters. The van der Waals surface area contributed by atoms with E-state index in [1.54, 1.807) is 0 Å². The number of benzene rings is 1. The predicted molar refractivity (Wildman–Crippen MR) is 72.1 cm³/mol. The Bertz CT molecular complexity index is 393. The summed E-state index contributed by atoms with van der Waals surface area (Å²) in [5.41, 5.74) is 2.77. The molecule has 18 heavy (non-hydrogen) atoms. The van der Waals surface area contributed by atoms with Crippen molar-refractivity contribution < 1.29 is 9.84 Å². The van der Waals surface area contributed by atoms with Gasteiger partial charge in [0.25, 0.3) is 0 Å². The summed E-state index contributed by atoms with van der Waals surface area (Å²) in [6, 6.07) is 8.68. The number of piperidine rings is 1. The van der Waals surface area contributed by atoms with Gasteiger partial charge in [-0.25, -0.2) is 0 Å². The Kier molecular flexibility index (Phi) is 3.52. The Hall–Kier alpha value is -1.06. The first-order chi connectivity index (χ1) is 8.84. The molecule has 2 aliphatic rings. The standard InChI is InChI=1S/C15H21NO2/c17-13-5-8-16(9-6-13)15-4-2-1-3-14(15)12-7-10-18-11-12/h1-4,12-13,17H,5-11H2. The van der Waals surface area contributed by atoms with E-state index in [-0.39, 0.29) is 6.10 Å². The van der Waals surface area contributed by atoms with Gasteiger partial charge in [-0.15, -0.1) is 0 Å². The number of nitrogens with zero attached hydrogens (tertiary/aromatic N) is 1. The van der Waals surface area contributed by atoms with Crippen LogP contribution in [-0.4, -0.2) is 37.5 Å². The molecule has 2 fully saturated rings. The third kappa shape index (κ3) is 2.38. The second-order valence-corrected chi connectivity index (χ2v) is 5.34. The van der Waals surface area contributed by atoms with Crippen LogP contribution in [0.2, 0.25) is 0 Å². The van der Waals surface area contributed by atoms with Gasteiger partial charge < -0.3 is 14.7 Å². The van der Waals surface area contributed by atoms with Crippen LogP contribution in [0.4, 0.5) is 5.69 Å². The van der Waals surface area contributed by atoms with Gasteiger partial charge in [0.05, 0.1) is 12.7 Å². The Labute approximate surface area is 108 Å². The number of para-hydroxylation sites is 1. The fourth-order valence-corrected chi connectivity index (χ4v) is 3.01. The molecule has 0 aliphatic carbocycles. The van der Waals surface area contributed by atoms with E-state index < -0.39 is 0 Å². The van der Waals surface area contributed by atoms with Crippen molar-refractivity contribution in [3.05, 3.63) is 29.8 Å². The van der Waals surface area contributed by atoms with Crippen LogP contribution in [0.1, 0.15) is 30.7 Å². The summed E-state index contributed by atoms with van der Waals surface area (Å²) >= 11 is 0. The van der Waals surface area contributed by atoms with Gasteiger partial charge in [0.15, 0.2) is 0 Å². The number of anilines is 1. The molecule has 2 saturated heterocycles. The Morgan fingerprint density at radius 3 is 2.61 bits per heavy atom. The summed E-state index contributed by atoms with van der Waals surface area (Å²) in [6.07, 6.45) is 2.79. The largest absolute Gasteiger partial charge is 0.393 e. The molecule has 3 rings (SSSR count). The van der Waals surface area contributed by atoms with E-state index in [2.05, 4.69) is 29.2 Å². The normalized spacial score (nSPS) is 25.6. The highest BCUT2D eigenvalue weighted by molar-refractivity contribution is 5.55. The Morgan fingerprint density at radius 2 is 1.89 bits per heavy atom. The second kappa shape index (κ2) is 5.29. The maximum atomic E-state index is 9.61. The number of aliphatic hydroxyl groups excluding tert-OH is 1. The summed E-state index contributed by atoms with van der Waals surface area (Å²) in [5.74, 6) is 0.549. The third-order valence-corrected chi connectivity index (χ3v) is 4.11. The molecule has 0 aromatic heterocycles. The number of rotatable bonds is 2. The summed E-state index contributed by atoms with van der Waals surface area (Å²) in [5, 5.41) is 9.61. The van der Waals surface area contributed by atoms with E-state index >= 15 is 0 Å². The summed E-state index contributed by atoms with van der Waals surface area (Å²) in [6.45, 7) is 3.67. The molecular formula is C15H21NO2. The van der Waals surface area contributed by atoms with E-state index in [4.69, 9.17) is 4.74 Å². The molecule has 1 aromatic carbocycles. The molecule has 0 saturated carbocycles. The van der Waals surface area contributed by atoms with Gasteiger partial charge >= 0.3 is 0 Å². The van der Waals surface area contributed by atoms with E-state index in [1.807, 2.05) is 0 Å². The summed E-state index contributed by atoms with van der Waals surface area (Å²) < 4.78 is 5.51. The molecule has 2 heterocycles. The van der Waals surface area contributed by atoms with Crippen molar-refractivity contribution in [3.63, 3.8) is 0 Å². The molecule has 2 aliphatic heterocycles. The van der Waals surface area contributed by atoms with Crippen LogP contribution in [0.15, 0.2) is 24.3 Å². The van der Waals surface area contributed by atoms with E-state index in [9.17, 15) is 5.11 Å². The number of aliphatic hydroxyl groups is 1. The van der Waals surface area contributed by atoms with Gasteiger partial charge in [-0.05, 0) is 30.9 Å². The topological polar surface area (TPSA) is 32.7 Å². The SMILES string of the molecule is OC1CCN(c2ccccc2C2CCOC2)CC1. The smallest absolute Gasteiger partial charge is 0.0574 e. The first-order valence-corrected chi connectivity index (χ1v) is 6.94. The van der Waals surface area contributed by atoms with Crippen LogP contribution in [-0.2, 0) is 4.74 Å². The van der Waals surface area contributed by atoms with E-state index in [1.165, 1.54) is 11.3 Å². The molecule has 3 nitrogen and oxygen atoms in total. The minimum absolute atomic E-state index is 0.108. The van der Waals surface area contributed by atoms with Crippen LogP contribution in [0.25, 0.3) is 0 Å². The fraction of sp³-hybridized carbons (Fsp3) is 0.600. The molecule has 0 amide bonds. The average Bonchev–Trinajstić information content (AvgIpc) is 2.93. The van der Waals surface area contributed by atoms with E-state index in [0.717, 1.165) is 45.6 Å². The Morgan fingerprint density at radius 1 is 1.11 bits per heavy atom. The van der Waals surface area contributed by atoms with Crippen molar-refractivity contribution in [3.8, 4) is 0 Å². The van der Waals surface area contributed by atoms with Crippen LogP contribution < -0.4 is 4.90 Å². The highest BCUT2D eigenvalue weighted by Crippen LogP contribution is 2.34. The lowest BCUT2D eigenvalue weighted by Crippen LogP contribution is -2.36. The maximum Gasteiger partial charge on any atom is 0.0574 e. The fourth-order valence-electron chi connectivity index (χ4n) is 3.01. The van der Waals surface area contributed by atoms with Gasteiger partial charge in [-0.3, -0.25) is 0 Å². The van der Waals surface area contributed by atoms with Crippen molar-refractivity contribution in [1.82, 2.24) is 0 Å². The van der Waals surface area contributed by atoms with Gasteiger partial charge in [0, 0.05) is 31.3 Å². The van der Waals surface area contributed by atoms with Crippen LogP contribution in [0, 0.1) is 0 Å². The molecule has 0 radical (unpaired) electrons. The first kappa shape index (κ1) is 12.0. The van der Waals surface area contributed by atoms with Gasteiger partial charge in [0.1, 0.15) is 0 Å². The molecule has 1 aromatic rings. The molecule has 1 atom stereocenters. The zero-order valence-corrected chi connectivity index (χ0v) is 10.7. The number of hydrogen-bond donors (Lipinski definition) is 1. The van der Waals surface area contributed by atoms with Crippen molar-refractivity contribution >= 4 is 5.69 Å². The minimum atomic E-state index is -0.108. The molecule has 0 spiro atoms. The first-order valence-electron chi connectivity index (χ1n) is 6.94. The Balaban J connectivity index is 1.82. The van der Waals surface area contributed by atoms with Crippen molar-refractivity contribution in [2.24, 2.45) is 0 Å². The zero-order valence-electron chi connectivity index (χ0n) is 10.7. The zero-order chi connectivity index (χ0) is 12.4. The lowest BCUT2D eigenvalue weighted by atomic mass is 9.95. The number of hydrogen-bond acceptors (Lipinski definition) is 3. The minimum Gasteiger partial charge on any atom is -0.393 e. The number of ether oxygens (including phenoxy) is 1. The highest BCUT2D eigenvalue weighted by atomic mass is 16.5. The molecule has 1 N–H and O–H groups in total. The van der Waals surface area contributed by atoms with Crippen LogP contribution in [0.5, 0.6) is 0 Å². The second-order valence-electron chi connectivity index (χ2n) is 5.34. The lowest BCUT2D eigenvalue weighted by Gasteiger charge is -2.33. The van der Waals surface area contributed by atoms with E-state index in [0.29, 0.717) is 5.92 Å². The summed E-state index contributed by atoms with van der Waals surface area (Å²) in [4.78, 5) is 2.42. The molecule has 3 heteroatoms. The third-order valence-electron chi connectivity index (χ3n) is 4.11. The van der Waals surface area contributed by atoms with Crippen LogP contribution >= 0.6 is 0 Å².